The molecule has 64 valence electrons. The molecule has 1 unspecified atom stereocenters. The van der Waals surface area contributed by atoms with Crippen LogP contribution in [0.25, 0.3) is 0 Å². The molecule has 1 heterocycles. The van der Waals surface area contributed by atoms with Gasteiger partial charge in [-0.05, 0) is 19.3 Å². The second kappa shape index (κ2) is 3.77. The first-order chi connectivity index (χ1) is 5.24. The van der Waals surface area contributed by atoms with E-state index in [9.17, 15) is 5.11 Å². The van der Waals surface area contributed by atoms with E-state index in [4.69, 9.17) is 0 Å². The maximum Gasteiger partial charge on any atom is 0.0715 e. The number of piperidine rings is 1. The predicted molar refractivity (Wildman–Crippen MR) is 46.2 cm³/mol. The SMILES string of the molecule is C=C(CC)N1CCCC(O)C1. The fraction of sp³-hybridized carbons (Fsp3) is 0.778. The van der Waals surface area contributed by atoms with E-state index in [2.05, 4.69) is 18.4 Å². The molecule has 0 radical (unpaired) electrons. The highest BCUT2D eigenvalue weighted by atomic mass is 16.3. The van der Waals surface area contributed by atoms with Crippen LogP contribution in [0, 0.1) is 0 Å². The Morgan fingerprint density at radius 2 is 2.45 bits per heavy atom. The van der Waals surface area contributed by atoms with E-state index in [0.29, 0.717) is 0 Å². The number of hydrogen-bond acceptors (Lipinski definition) is 2. The molecule has 2 nitrogen and oxygen atoms in total. The third-order valence-corrected chi connectivity index (χ3v) is 2.25. The number of nitrogens with zero attached hydrogens (tertiary/aromatic N) is 1. The molecule has 2 heteroatoms. The van der Waals surface area contributed by atoms with Crippen LogP contribution in [0.3, 0.4) is 0 Å². The standard InChI is InChI=1S/C9H17NO/c1-3-8(2)10-6-4-5-9(11)7-10/h9,11H,2-7H2,1H3. The van der Waals surface area contributed by atoms with Gasteiger partial charge in [0.15, 0.2) is 0 Å². The minimum absolute atomic E-state index is 0.132. The van der Waals surface area contributed by atoms with Crippen LogP contribution in [0.2, 0.25) is 0 Å². The number of rotatable bonds is 2. The van der Waals surface area contributed by atoms with Crippen molar-refractivity contribution < 1.29 is 5.11 Å². The van der Waals surface area contributed by atoms with Crippen LogP contribution in [-0.2, 0) is 0 Å². The Balaban J connectivity index is 2.39. The Morgan fingerprint density at radius 1 is 1.73 bits per heavy atom. The molecule has 1 saturated heterocycles. The van der Waals surface area contributed by atoms with Crippen molar-refractivity contribution in [2.45, 2.75) is 32.3 Å². The summed E-state index contributed by atoms with van der Waals surface area (Å²) in [5.74, 6) is 0. The van der Waals surface area contributed by atoms with Crippen LogP contribution >= 0.6 is 0 Å². The van der Waals surface area contributed by atoms with Gasteiger partial charge in [0.25, 0.3) is 0 Å². The Bertz CT molecular complexity index is 144. The first-order valence-electron chi connectivity index (χ1n) is 4.34. The van der Waals surface area contributed by atoms with E-state index in [1.807, 2.05) is 0 Å². The smallest absolute Gasteiger partial charge is 0.0715 e. The van der Waals surface area contributed by atoms with E-state index in [0.717, 1.165) is 38.0 Å². The summed E-state index contributed by atoms with van der Waals surface area (Å²) in [4.78, 5) is 2.19. The lowest BCUT2D eigenvalue weighted by atomic mass is 10.1. The topological polar surface area (TPSA) is 23.5 Å². The molecule has 0 spiro atoms. The average molecular weight is 155 g/mol. The lowest BCUT2D eigenvalue weighted by molar-refractivity contribution is 0.0868. The summed E-state index contributed by atoms with van der Waals surface area (Å²) in [6.45, 7) is 7.90. The molecule has 0 aromatic carbocycles. The van der Waals surface area contributed by atoms with Gasteiger partial charge < -0.3 is 10.0 Å². The number of β-amino-alcohol motifs (C(OH)–C–C–N with tert-alkyl or cyclic N) is 1. The zero-order valence-electron chi connectivity index (χ0n) is 7.21. The molecule has 1 fully saturated rings. The number of hydrogen-bond donors (Lipinski definition) is 1. The number of likely N-dealkylation sites (tertiary alicyclic amines) is 1. The Morgan fingerprint density at radius 3 is 3.00 bits per heavy atom. The molecular formula is C9H17NO. The normalized spacial score (nSPS) is 25.3. The van der Waals surface area contributed by atoms with Crippen molar-refractivity contribution >= 4 is 0 Å². The fourth-order valence-corrected chi connectivity index (χ4v) is 1.47. The quantitative estimate of drug-likeness (QED) is 0.651. The summed E-state index contributed by atoms with van der Waals surface area (Å²) in [5.41, 5.74) is 1.16. The summed E-state index contributed by atoms with van der Waals surface area (Å²) in [6, 6.07) is 0. The van der Waals surface area contributed by atoms with Gasteiger partial charge >= 0.3 is 0 Å². The van der Waals surface area contributed by atoms with Gasteiger partial charge in [0.1, 0.15) is 0 Å². The van der Waals surface area contributed by atoms with E-state index in [1.54, 1.807) is 0 Å². The molecule has 11 heavy (non-hydrogen) atoms. The van der Waals surface area contributed by atoms with Gasteiger partial charge in [0.05, 0.1) is 6.10 Å². The lowest BCUT2D eigenvalue weighted by Crippen LogP contribution is -2.37. The summed E-state index contributed by atoms with van der Waals surface area (Å²) in [6.07, 6.45) is 2.91. The summed E-state index contributed by atoms with van der Waals surface area (Å²) < 4.78 is 0. The van der Waals surface area contributed by atoms with Crippen LogP contribution in [0.5, 0.6) is 0 Å². The maximum absolute atomic E-state index is 9.34. The van der Waals surface area contributed by atoms with Crippen molar-refractivity contribution in [3.05, 3.63) is 12.3 Å². The molecule has 1 aliphatic rings. The van der Waals surface area contributed by atoms with Crippen molar-refractivity contribution in [3.63, 3.8) is 0 Å². The van der Waals surface area contributed by atoms with Gasteiger partial charge in [0.2, 0.25) is 0 Å². The Kier molecular flexibility index (Phi) is 2.94. The van der Waals surface area contributed by atoms with Gasteiger partial charge in [0, 0.05) is 18.8 Å². The van der Waals surface area contributed by atoms with Gasteiger partial charge in [-0.15, -0.1) is 0 Å². The fourth-order valence-electron chi connectivity index (χ4n) is 1.47. The molecular weight excluding hydrogens is 138 g/mol. The first-order valence-corrected chi connectivity index (χ1v) is 4.34. The summed E-state index contributed by atoms with van der Waals surface area (Å²) >= 11 is 0. The third-order valence-electron chi connectivity index (χ3n) is 2.25. The average Bonchev–Trinajstić information content (AvgIpc) is 2.03. The van der Waals surface area contributed by atoms with Crippen LogP contribution in [-0.4, -0.2) is 29.2 Å². The van der Waals surface area contributed by atoms with Gasteiger partial charge in [-0.3, -0.25) is 0 Å². The van der Waals surface area contributed by atoms with Crippen molar-refractivity contribution in [2.24, 2.45) is 0 Å². The summed E-state index contributed by atoms with van der Waals surface area (Å²) in [5, 5.41) is 9.34. The van der Waals surface area contributed by atoms with E-state index in [-0.39, 0.29) is 6.10 Å². The Hall–Kier alpha value is -0.500. The van der Waals surface area contributed by atoms with E-state index < -0.39 is 0 Å². The predicted octanol–water partition coefficient (Wildman–Crippen LogP) is 1.37. The number of aliphatic hydroxyl groups is 1. The summed E-state index contributed by atoms with van der Waals surface area (Å²) in [7, 11) is 0. The van der Waals surface area contributed by atoms with Gasteiger partial charge in [-0.1, -0.05) is 13.5 Å². The highest BCUT2D eigenvalue weighted by Crippen LogP contribution is 2.15. The molecule has 1 atom stereocenters. The molecule has 0 bridgehead atoms. The van der Waals surface area contributed by atoms with Crippen molar-refractivity contribution in [1.29, 1.82) is 0 Å². The van der Waals surface area contributed by atoms with Gasteiger partial charge in [-0.25, -0.2) is 0 Å². The number of aliphatic hydroxyl groups excluding tert-OH is 1. The first kappa shape index (κ1) is 8.60. The van der Waals surface area contributed by atoms with Crippen LogP contribution in [0.1, 0.15) is 26.2 Å². The molecule has 0 aliphatic carbocycles. The molecule has 0 aromatic heterocycles. The highest BCUT2D eigenvalue weighted by Gasteiger charge is 2.17. The molecule has 0 saturated carbocycles. The molecule has 0 aromatic rings. The zero-order valence-corrected chi connectivity index (χ0v) is 7.21. The second-order valence-corrected chi connectivity index (χ2v) is 3.16. The molecule has 1 rings (SSSR count). The van der Waals surface area contributed by atoms with Gasteiger partial charge in [-0.2, -0.15) is 0 Å². The minimum atomic E-state index is -0.132. The molecule has 0 amide bonds. The maximum atomic E-state index is 9.34. The van der Waals surface area contributed by atoms with E-state index >= 15 is 0 Å². The molecule has 1 N–H and O–H groups in total. The minimum Gasteiger partial charge on any atom is -0.391 e. The van der Waals surface area contributed by atoms with E-state index in [1.165, 1.54) is 0 Å². The van der Waals surface area contributed by atoms with Crippen LogP contribution in [0.4, 0.5) is 0 Å². The third kappa shape index (κ3) is 2.22. The number of allylic oxidation sites excluding steroid dienone is 1. The van der Waals surface area contributed by atoms with Crippen LogP contribution in [0.15, 0.2) is 12.3 Å². The molecule has 1 aliphatic heterocycles. The van der Waals surface area contributed by atoms with Crippen molar-refractivity contribution in [2.75, 3.05) is 13.1 Å². The zero-order chi connectivity index (χ0) is 8.27. The second-order valence-electron chi connectivity index (χ2n) is 3.16. The van der Waals surface area contributed by atoms with Crippen molar-refractivity contribution in [3.8, 4) is 0 Å². The largest absolute Gasteiger partial charge is 0.391 e. The van der Waals surface area contributed by atoms with Crippen LogP contribution < -0.4 is 0 Å². The highest BCUT2D eigenvalue weighted by molar-refractivity contribution is 4.94. The lowest BCUT2D eigenvalue weighted by Gasteiger charge is -2.32. The monoisotopic (exact) mass is 155 g/mol. The van der Waals surface area contributed by atoms with Crippen molar-refractivity contribution in [1.82, 2.24) is 4.90 Å². The Labute approximate surface area is 68.5 Å².